The Hall–Kier alpha value is -1.39. The van der Waals surface area contributed by atoms with Gasteiger partial charge in [0.05, 0.1) is 13.2 Å². The van der Waals surface area contributed by atoms with Crippen molar-refractivity contribution in [3.8, 4) is 0 Å². The molecule has 0 aliphatic carbocycles. The maximum absolute atomic E-state index is 11.6. The number of amides is 1. The van der Waals surface area contributed by atoms with Crippen LogP contribution in [0, 0.1) is 0 Å². The van der Waals surface area contributed by atoms with Gasteiger partial charge < -0.3 is 14.8 Å². The van der Waals surface area contributed by atoms with Gasteiger partial charge in [-0.15, -0.1) is 0 Å². The molecule has 0 fully saturated rings. The first kappa shape index (κ1) is 13.7. The predicted octanol–water partition coefficient (Wildman–Crippen LogP) is 1.47. The van der Waals surface area contributed by atoms with Crippen molar-refractivity contribution >= 4 is 5.91 Å². The van der Waals surface area contributed by atoms with Crippen molar-refractivity contribution in [2.75, 3.05) is 33.5 Å². The van der Waals surface area contributed by atoms with Crippen LogP contribution in [-0.4, -0.2) is 39.4 Å². The fourth-order valence-corrected chi connectivity index (χ4v) is 1.31. The fourth-order valence-electron chi connectivity index (χ4n) is 1.31. The molecule has 4 nitrogen and oxygen atoms in total. The lowest BCUT2D eigenvalue weighted by molar-refractivity contribution is 0.0688. The highest BCUT2D eigenvalue weighted by molar-refractivity contribution is 5.94. The zero-order valence-corrected chi connectivity index (χ0v) is 10.1. The third-order valence-electron chi connectivity index (χ3n) is 2.22. The predicted molar refractivity (Wildman–Crippen MR) is 66.1 cm³/mol. The summed E-state index contributed by atoms with van der Waals surface area (Å²) in [7, 11) is 1.64. The molecule has 94 valence electrons. The van der Waals surface area contributed by atoms with Crippen LogP contribution in [0.2, 0.25) is 0 Å². The second-order valence-corrected chi connectivity index (χ2v) is 3.58. The van der Waals surface area contributed by atoms with Crippen LogP contribution in [0.4, 0.5) is 0 Å². The van der Waals surface area contributed by atoms with E-state index in [0.717, 1.165) is 6.42 Å². The molecule has 1 aromatic rings. The Kier molecular flexibility index (Phi) is 7.02. The summed E-state index contributed by atoms with van der Waals surface area (Å²) in [5.74, 6) is -0.0394. The fraction of sp³-hybridized carbons (Fsp3) is 0.462. The Labute approximate surface area is 102 Å². The lowest BCUT2D eigenvalue weighted by atomic mass is 10.2. The summed E-state index contributed by atoms with van der Waals surface area (Å²) in [4.78, 5) is 11.6. The van der Waals surface area contributed by atoms with E-state index < -0.39 is 0 Å². The van der Waals surface area contributed by atoms with Gasteiger partial charge in [0.25, 0.3) is 5.91 Å². The topological polar surface area (TPSA) is 47.6 Å². The molecule has 0 aliphatic heterocycles. The number of carbonyl (C=O) groups is 1. The van der Waals surface area contributed by atoms with E-state index >= 15 is 0 Å². The van der Waals surface area contributed by atoms with Crippen LogP contribution in [0.25, 0.3) is 0 Å². The number of rotatable bonds is 8. The van der Waals surface area contributed by atoms with Gasteiger partial charge in [-0.3, -0.25) is 4.79 Å². The summed E-state index contributed by atoms with van der Waals surface area (Å²) in [6, 6.07) is 9.18. The van der Waals surface area contributed by atoms with Crippen LogP contribution in [0.1, 0.15) is 16.8 Å². The first-order chi connectivity index (χ1) is 8.34. The molecule has 0 atom stereocenters. The maximum atomic E-state index is 11.6. The molecule has 0 radical (unpaired) electrons. The lowest BCUT2D eigenvalue weighted by Crippen LogP contribution is -2.25. The maximum Gasteiger partial charge on any atom is 0.251 e. The van der Waals surface area contributed by atoms with E-state index in [2.05, 4.69) is 5.32 Å². The van der Waals surface area contributed by atoms with Gasteiger partial charge in [0.2, 0.25) is 0 Å². The minimum absolute atomic E-state index is 0.0394. The summed E-state index contributed by atoms with van der Waals surface area (Å²) >= 11 is 0. The number of hydrogen-bond donors (Lipinski definition) is 1. The molecule has 1 amide bonds. The molecule has 0 unspecified atom stereocenters. The molecule has 1 rings (SSSR count). The highest BCUT2D eigenvalue weighted by Gasteiger charge is 2.02. The first-order valence-electron chi connectivity index (χ1n) is 5.74. The van der Waals surface area contributed by atoms with Crippen molar-refractivity contribution in [2.45, 2.75) is 6.42 Å². The average Bonchev–Trinajstić information content (AvgIpc) is 2.38. The van der Waals surface area contributed by atoms with E-state index in [1.54, 1.807) is 19.2 Å². The van der Waals surface area contributed by atoms with Crippen LogP contribution < -0.4 is 5.32 Å². The molecule has 17 heavy (non-hydrogen) atoms. The summed E-state index contributed by atoms with van der Waals surface area (Å²) in [5, 5.41) is 2.84. The zero-order valence-electron chi connectivity index (χ0n) is 10.1. The molecular formula is C13H19NO3. The van der Waals surface area contributed by atoms with Gasteiger partial charge in [-0.25, -0.2) is 0 Å². The number of hydrogen-bond acceptors (Lipinski definition) is 3. The van der Waals surface area contributed by atoms with Crippen molar-refractivity contribution in [1.29, 1.82) is 0 Å². The largest absolute Gasteiger partial charge is 0.382 e. The summed E-state index contributed by atoms with van der Waals surface area (Å²) < 4.78 is 10.1. The summed E-state index contributed by atoms with van der Waals surface area (Å²) in [5.41, 5.74) is 0.688. The molecule has 0 aromatic heterocycles. The minimum atomic E-state index is -0.0394. The van der Waals surface area contributed by atoms with Gasteiger partial charge in [-0.1, -0.05) is 18.2 Å². The normalized spacial score (nSPS) is 10.2. The number of ether oxygens (including phenoxy) is 2. The molecule has 0 spiro atoms. The number of nitrogens with one attached hydrogen (secondary N) is 1. The Morgan fingerprint density at radius 1 is 1.18 bits per heavy atom. The molecule has 1 N–H and O–H groups in total. The average molecular weight is 237 g/mol. The van der Waals surface area contributed by atoms with E-state index in [1.807, 2.05) is 18.2 Å². The van der Waals surface area contributed by atoms with E-state index in [0.29, 0.717) is 31.9 Å². The van der Waals surface area contributed by atoms with Crippen LogP contribution in [-0.2, 0) is 9.47 Å². The molecule has 0 saturated heterocycles. The Morgan fingerprint density at radius 2 is 1.94 bits per heavy atom. The van der Waals surface area contributed by atoms with Crippen molar-refractivity contribution < 1.29 is 14.3 Å². The van der Waals surface area contributed by atoms with Crippen LogP contribution >= 0.6 is 0 Å². The van der Waals surface area contributed by atoms with E-state index in [4.69, 9.17) is 9.47 Å². The van der Waals surface area contributed by atoms with Crippen LogP contribution in [0.5, 0.6) is 0 Å². The number of benzene rings is 1. The van der Waals surface area contributed by atoms with Crippen molar-refractivity contribution in [1.82, 2.24) is 5.32 Å². The Balaban J connectivity index is 2.05. The lowest BCUT2D eigenvalue weighted by Gasteiger charge is -2.05. The van der Waals surface area contributed by atoms with Gasteiger partial charge >= 0.3 is 0 Å². The van der Waals surface area contributed by atoms with Crippen molar-refractivity contribution in [3.05, 3.63) is 35.9 Å². The summed E-state index contributed by atoms with van der Waals surface area (Å²) in [6.45, 7) is 2.47. The SMILES string of the molecule is COCCOCCCNC(=O)c1ccccc1. The number of methoxy groups -OCH3 is 1. The second-order valence-electron chi connectivity index (χ2n) is 3.58. The summed E-state index contributed by atoms with van der Waals surface area (Å²) in [6.07, 6.45) is 0.808. The van der Waals surface area contributed by atoms with Gasteiger partial charge in [0.1, 0.15) is 0 Å². The quantitative estimate of drug-likeness (QED) is 0.696. The van der Waals surface area contributed by atoms with Crippen LogP contribution in [0.3, 0.4) is 0 Å². The third kappa shape index (κ3) is 6.04. The Bertz CT molecular complexity index is 314. The zero-order chi connectivity index (χ0) is 12.3. The van der Waals surface area contributed by atoms with E-state index in [-0.39, 0.29) is 5.91 Å². The minimum Gasteiger partial charge on any atom is -0.382 e. The monoisotopic (exact) mass is 237 g/mol. The van der Waals surface area contributed by atoms with Gasteiger partial charge in [0, 0.05) is 25.8 Å². The molecular weight excluding hydrogens is 218 g/mol. The molecule has 0 bridgehead atoms. The third-order valence-corrected chi connectivity index (χ3v) is 2.22. The second kappa shape index (κ2) is 8.73. The Morgan fingerprint density at radius 3 is 2.65 bits per heavy atom. The van der Waals surface area contributed by atoms with E-state index in [9.17, 15) is 4.79 Å². The van der Waals surface area contributed by atoms with Crippen molar-refractivity contribution in [2.24, 2.45) is 0 Å². The van der Waals surface area contributed by atoms with Gasteiger partial charge in [-0.05, 0) is 18.6 Å². The standard InChI is InChI=1S/C13H19NO3/c1-16-10-11-17-9-5-8-14-13(15)12-6-3-2-4-7-12/h2-4,6-7H,5,8-11H2,1H3,(H,14,15). The van der Waals surface area contributed by atoms with Crippen molar-refractivity contribution in [3.63, 3.8) is 0 Å². The molecule has 1 aromatic carbocycles. The number of carbonyl (C=O) groups excluding carboxylic acids is 1. The van der Waals surface area contributed by atoms with Gasteiger partial charge in [0.15, 0.2) is 0 Å². The molecule has 0 heterocycles. The first-order valence-corrected chi connectivity index (χ1v) is 5.74. The van der Waals surface area contributed by atoms with Gasteiger partial charge in [-0.2, -0.15) is 0 Å². The van der Waals surface area contributed by atoms with Crippen LogP contribution in [0.15, 0.2) is 30.3 Å². The highest BCUT2D eigenvalue weighted by Crippen LogP contribution is 1.97. The highest BCUT2D eigenvalue weighted by atomic mass is 16.5. The molecule has 0 aliphatic rings. The smallest absolute Gasteiger partial charge is 0.251 e. The molecule has 4 heteroatoms. The van der Waals surface area contributed by atoms with E-state index in [1.165, 1.54) is 0 Å². The molecule has 0 saturated carbocycles.